The van der Waals surface area contributed by atoms with E-state index in [0.717, 1.165) is 34.8 Å². The van der Waals surface area contributed by atoms with Gasteiger partial charge in [0.05, 0.1) is 17.4 Å². The molecule has 2 heterocycles. The SMILES string of the molecule is CC1(C)c2ccccc2-c2cc3c(cc21)N(c1cccc(-c2cc(C4C=CC=CC4)nc(-c4ccccc4)n2)c1)C1C=CC=CC31. The molecule has 4 aromatic carbocycles. The van der Waals surface area contributed by atoms with Gasteiger partial charge in [-0.15, -0.1) is 0 Å². The Balaban J connectivity index is 1.18. The smallest absolute Gasteiger partial charge is 0.160 e. The van der Waals surface area contributed by atoms with Gasteiger partial charge in [-0.05, 0) is 64.6 Å². The van der Waals surface area contributed by atoms with Gasteiger partial charge in [0.15, 0.2) is 5.82 Å². The Morgan fingerprint density at radius 3 is 2.35 bits per heavy atom. The molecule has 0 radical (unpaired) electrons. The van der Waals surface area contributed by atoms with E-state index in [1.807, 2.05) is 6.07 Å². The van der Waals surface area contributed by atoms with Crippen molar-refractivity contribution < 1.29 is 0 Å². The second kappa shape index (κ2) is 10.4. The molecule has 3 nitrogen and oxygen atoms in total. The molecule has 3 aliphatic carbocycles. The van der Waals surface area contributed by atoms with E-state index in [1.54, 1.807) is 0 Å². The first kappa shape index (κ1) is 27.1. The second-order valence-electron chi connectivity index (χ2n) is 13.4. The quantitative estimate of drug-likeness (QED) is 0.208. The lowest BCUT2D eigenvalue weighted by Gasteiger charge is -2.30. The lowest BCUT2D eigenvalue weighted by molar-refractivity contribution is 0.660. The van der Waals surface area contributed by atoms with Gasteiger partial charge in [0.2, 0.25) is 0 Å². The van der Waals surface area contributed by atoms with Gasteiger partial charge in [-0.3, -0.25) is 0 Å². The largest absolute Gasteiger partial charge is 0.333 e. The lowest BCUT2D eigenvalue weighted by atomic mass is 9.81. The van der Waals surface area contributed by atoms with E-state index < -0.39 is 0 Å². The second-order valence-corrected chi connectivity index (χ2v) is 13.4. The molecule has 3 unspecified atom stereocenters. The number of rotatable bonds is 4. The Morgan fingerprint density at radius 2 is 1.48 bits per heavy atom. The van der Waals surface area contributed by atoms with E-state index in [1.165, 1.54) is 39.2 Å². The molecule has 0 bridgehead atoms. The molecular formula is C43H35N3. The topological polar surface area (TPSA) is 29.0 Å². The zero-order valence-corrected chi connectivity index (χ0v) is 26.1. The minimum absolute atomic E-state index is 0.0537. The van der Waals surface area contributed by atoms with Crippen LogP contribution in [0.25, 0.3) is 33.8 Å². The highest BCUT2D eigenvalue weighted by Crippen LogP contribution is 2.55. The van der Waals surface area contributed by atoms with Gasteiger partial charge in [0.25, 0.3) is 0 Å². The summed E-state index contributed by atoms with van der Waals surface area (Å²) in [6, 6.07) is 35.6. The molecule has 46 heavy (non-hydrogen) atoms. The van der Waals surface area contributed by atoms with E-state index in [4.69, 9.17) is 9.97 Å². The number of fused-ring (bicyclic) bond motifs is 6. The van der Waals surface area contributed by atoms with Gasteiger partial charge < -0.3 is 4.90 Å². The third kappa shape index (κ3) is 4.19. The van der Waals surface area contributed by atoms with Crippen LogP contribution in [-0.2, 0) is 5.41 Å². The third-order valence-corrected chi connectivity index (χ3v) is 10.3. The van der Waals surface area contributed by atoms with E-state index in [2.05, 4.69) is 158 Å². The number of allylic oxidation sites excluding steroid dienone is 6. The highest BCUT2D eigenvalue weighted by atomic mass is 15.2. The van der Waals surface area contributed by atoms with Gasteiger partial charge in [0.1, 0.15) is 0 Å². The summed E-state index contributed by atoms with van der Waals surface area (Å²) in [6.45, 7) is 4.73. The van der Waals surface area contributed by atoms with Crippen LogP contribution in [0.5, 0.6) is 0 Å². The minimum Gasteiger partial charge on any atom is -0.333 e. The lowest BCUT2D eigenvalue weighted by Crippen LogP contribution is -2.28. The van der Waals surface area contributed by atoms with Gasteiger partial charge >= 0.3 is 0 Å². The maximum atomic E-state index is 5.15. The predicted molar refractivity (Wildman–Crippen MR) is 189 cm³/mol. The van der Waals surface area contributed by atoms with Crippen LogP contribution in [0, 0.1) is 0 Å². The van der Waals surface area contributed by atoms with Crippen molar-refractivity contribution in [3.8, 4) is 33.8 Å². The molecule has 0 N–H and O–H groups in total. The molecule has 0 saturated carbocycles. The number of nitrogens with zero attached hydrogens (tertiary/aromatic N) is 3. The van der Waals surface area contributed by atoms with Gasteiger partial charge in [-0.25, -0.2) is 9.97 Å². The standard InChI is InChI=1S/C43H35N3/c1-43(2)36-22-11-9-20-32(36)34-25-35-33-21-10-12-23-40(33)46(41(35)26-37(34)43)31-19-13-18-30(24-31)39-27-38(28-14-5-3-6-15-28)44-42(45-39)29-16-7-4-8-17-29/h3-14,16-28,33,40H,15H2,1-2H3. The number of hydrogen-bond acceptors (Lipinski definition) is 3. The van der Waals surface area contributed by atoms with Gasteiger partial charge in [0, 0.05) is 39.8 Å². The maximum Gasteiger partial charge on any atom is 0.160 e. The highest BCUT2D eigenvalue weighted by molar-refractivity contribution is 5.87. The zero-order valence-electron chi connectivity index (χ0n) is 26.1. The first-order valence-corrected chi connectivity index (χ1v) is 16.4. The Bertz CT molecular complexity index is 2130. The Labute approximate surface area is 271 Å². The third-order valence-electron chi connectivity index (χ3n) is 10.3. The van der Waals surface area contributed by atoms with Crippen LogP contribution in [0.3, 0.4) is 0 Å². The Kier molecular flexibility index (Phi) is 6.11. The monoisotopic (exact) mass is 593 g/mol. The number of hydrogen-bond donors (Lipinski definition) is 0. The van der Waals surface area contributed by atoms with Crippen molar-refractivity contribution in [3.63, 3.8) is 0 Å². The van der Waals surface area contributed by atoms with Crippen molar-refractivity contribution in [3.05, 3.63) is 168 Å². The van der Waals surface area contributed by atoms with E-state index in [0.29, 0.717) is 5.92 Å². The van der Waals surface area contributed by atoms with Crippen LogP contribution >= 0.6 is 0 Å². The summed E-state index contributed by atoms with van der Waals surface area (Å²) in [4.78, 5) is 12.8. The van der Waals surface area contributed by atoms with Crippen molar-refractivity contribution in [1.82, 2.24) is 9.97 Å². The van der Waals surface area contributed by atoms with Crippen LogP contribution in [0.2, 0.25) is 0 Å². The van der Waals surface area contributed by atoms with Crippen LogP contribution in [0.1, 0.15) is 54.5 Å². The summed E-state index contributed by atoms with van der Waals surface area (Å²) in [5.41, 5.74) is 13.5. The summed E-state index contributed by atoms with van der Waals surface area (Å²) in [6.07, 6.45) is 18.8. The molecule has 3 heteroatoms. The van der Waals surface area contributed by atoms with Crippen molar-refractivity contribution in [1.29, 1.82) is 0 Å². The predicted octanol–water partition coefficient (Wildman–Crippen LogP) is 10.4. The van der Waals surface area contributed by atoms with Gasteiger partial charge in [-0.1, -0.05) is 129 Å². The molecule has 0 amide bonds. The fraction of sp³-hybridized carbons (Fsp3) is 0.163. The first-order valence-electron chi connectivity index (χ1n) is 16.4. The fourth-order valence-corrected chi connectivity index (χ4v) is 7.97. The highest BCUT2D eigenvalue weighted by Gasteiger charge is 2.42. The molecule has 1 aliphatic heterocycles. The first-order chi connectivity index (χ1) is 22.6. The minimum atomic E-state index is -0.0537. The molecule has 9 rings (SSSR count). The van der Waals surface area contributed by atoms with Gasteiger partial charge in [-0.2, -0.15) is 0 Å². The summed E-state index contributed by atoms with van der Waals surface area (Å²) in [5, 5.41) is 0. The zero-order chi connectivity index (χ0) is 30.8. The van der Waals surface area contributed by atoms with E-state index >= 15 is 0 Å². The van der Waals surface area contributed by atoms with E-state index in [9.17, 15) is 0 Å². The van der Waals surface area contributed by atoms with E-state index in [-0.39, 0.29) is 17.4 Å². The average Bonchev–Trinajstić information content (AvgIpc) is 3.56. The van der Waals surface area contributed by atoms with Crippen LogP contribution in [0.15, 0.2) is 146 Å². The summed E-state index contributed by atoms with van der Waals surface area (Å²) >= 11 is 0. The molecule has 222 valence electrons. The molecule has 3 atom stereocenters. The average molecular weight is 594 g/mol. The van der Waals surface area contributed by atoms with Crippen molar-refractivity contribution >= 4 is 11.4 Å². The van der Waals surface area contributed by atoms with Crippen molar-refractivity contribution in [2.45, 2.75) is 43.6 Å². The number of aromatic nitrogens is 2. The van der Waals surface area contributed by atoms with Crippen LogP contribution < -0.4 is 4.90 Å². The molecule has 0 fully saturated rings. The molecular weight excluding hydrogens is 558 g/mol. The summed E-state index contributed by atoms with van der Waals surface area (Å²) < 4.78 is 0. The Hall–Kier alpha value is -5.28. The van der Waals surface area contributed by atoms with Crippen molar-refractivity contribution in [2.24, 2.45) is 0 Å². The van der Waals surface area contributed by atoms with Crippen LogP contribution in [0.4, 0.5) is 11.4 Å². The summed E-state index contributed by atoms with van der Waals surface area (Å²) in [7, 11) is 0. The van der Waals surface area contributed by atoms with Crippen molar-refractivity contribution in [2.75, 3.05) is 4.90 Å². The molecule has 5 aromatic rings. The maximum absolute atomic E-state index is 5.15. The molecule has 4 aliphatic rings. The normalized spacial score (nSPS) is 21.2. The Morgan fingerprint density at radius 1 is 0.674 bits per heavy atom. The van der Waals surface area contributed by atoms with Crippen LogP contribution in [-0.4, -0.2) is 16.0 Å². The molecule has 0 spiro atoms. The molecule has 0 saturated heterocycles. The fourth-order valence-electron chi connectivity index (χ4n) is 7.97. The molecule has 1 aromatic heterocycles. The number of benzene rings is 4. The number of anilines is 2. The summed E-state index contributed by atoms with van der Waals surface area (Å²) in [5.74, 6) is 1.30.